The summed E-state index contributed by atoms with van der Waals surface area (Å²) >= 11 is 0. The molecular formula is C16H17F3N2O2. The van der Waals surface area contributed by atoms with Gasteiger partial charge < -0.3 is 10.2 Å². The van der Waals surface area contributed by atoms with Gasteiger partial charge in [-0.05, 0) is 23.8 Å². The molecule has 0 saturated carbocycles. The van der Waals surface area contributed by atoms with Gasteiger partial charge in [-0.15, -0.1) is 6.58 Å². The van der Waals surface area contributed by atoms with Gasteiger partial charge in [-0.2, -0.15) is 13.2 Å². The van der Waals surface area contributed by atoms with Crippen LogP contribution < -0.4 is 5.32 Å². The number of hydrogen-bond acceptors (Lipinski definition) is 2. The van der Waals surface area contributed by atoms with Crippen LogP contribution in [0.4, 0.5) is 18.9 Å². The van der Waals surface area contributed by atoms with Gasteiger partial charge in [0.1, 0.15) is 6.54 Å². The number of anilines is 1. The van der Waals surface area contributed by atoms with Gasteiger partial charge in [0.15, 0.2) is 0 Å². The zero-order valence-corrected chi connectivity index (χ0v) is 12.6. The van der Waals surface area contributed by atoms with E-state index in [1.807, 2.05) is 0 Å². The number of rotatable bonds is 6. The maximum Gasteiger partial charge on any atom is 0.406 e. The first-order chi connectivity index (χ1) is 10.7. The number of carbonyl (C=O) groups is 2. The van der Waals surface area contributed by atoms with E-state index >= 15 is 0 Å². The molecule has 1 rings (SSSR count). The molecule has 0 spiro atoms. The van der Waals surface area contributed by atoms with Crippen LogP contribution in [0.2, 0.25) is 0 Å². The molecule has 23 heavy (non-hydrogen) atoms. The minimum atomic E-state index is -4.47. The molecule has 0 aliphatic heterocycles. The van der Waals surface area contributed by atoms with E-state index in [4.69, 9.17) is 0 Å². The summed E-state index contributed by atoms with van der Waals surface area (Å²) < 4.78 is 37.2. The Hall–Kier alpha value is -2.57. The fourth-order valence-electron chi connectivity index (χ4n) is 1.76. The van der Waals surface area contributed by atoms with Gasteiger partial charge >= 0.3 is 6.18 Å². The Morgan fingerprint density at radius 1 is 1.26 bits per heavy atom. The van der Waals surface area contributed by atoms with E-state index in [-0.39, 0.29) is 12.5 Å². The van der Waals surface area contributed by atoms with E-state index in [9.17, 15) is 22.8 Å². The highest BCUT2D eigenvalue weighted by Gasteiger charge is 2.31. The van der Waals surface area contributed by atoms with Gasteiger partial charge in [0.05, 0.1) is 0 Å². The van der Waals surface area contributed by atoms with E-state index in [0.717, 1.165) is 6.08 Å². The summed E-state index contributed by atoms with van der Waals surface area (Å²) in [7, 11) is 0. The first-order valence-corrected chi connectivity index (χ1v) is 6.73. The lowest BCUT2D eigenvalue weighted by Crippen LogP contribution is -2.38. The van der Waals surface area contributed by atoms with Gasteiger partial charge in [0.25, 0.3) is 0 Å². The van der Waals surface area contributed by atoms with Crippen LogP contribution in [0.15, 0.2) is 43.0 Å². The largest absolute Gasteiger partial charge is 0.406 e. The summed E-state index contributed by atoms with van der Waals surface area (Å²) in [6.07, 6.45) is -0.749. The minimum absolute atomic E-state index is 0.190. The van der Waals surface area contributed by atoms with Gasteiger partial charge in [-0.1, -0.05) is 18.2 Å². The summed E-state index contributed by atoms with van der Waals surface area (Å²) in [6.45, 7) is 3.20. The molecule has 0 atom stereocenters. The van der Waals surface area contributed by atoms with Crippen molar-refractivity contribution in [3.8, 4) is 0 Å². The molecule has 0 radical (unpaired) electrons. The molecule has 124 valence electrons. The molecule has 0 heterocycles. The van der Waals surface area contributed by atoms with Crippen LogP contribution in [0.1, 0.15) is 12.5 Å². The fourth-order valence-corrected chi connectivity index (χ4v) is 1.76. The predicted molar refractivity (Wildman–Crippen MR) is 82.6 cm³/mol. The Balaban J connectivity index is 2.75. The van der Waals surface area contributed by atoms with Crippen molar-refractivity contribution in [1.82, 2.24) is 4.90 Å². The molecule has 0 aliphatic carbocycles. The topological polar surface area (TPSA) is 49.4 Å². The number of alkyl halides is 3. The zero-order chi connectivity index (χ0) is 17.5. The van der Waals surface area contributed by atoms with Crippen molar-refractivity contribution in [2.45, 2.75) is 13.1 Å². The highest BCUT2D eigenvalue weighted by Crippen LogP contribution is 2.17. The SMILES string of the molecule is C=CCN(CC(F)(F)F)C(=O)/C=C/c1ccc(NC(C)=O)cc1. The molecule has 0 bridgehead atoms. The van der Waals surface area contributed by atoms with Gasteiger partial charge in [-0.3, -0.25) is 9.59 Å². The fraction of sp³-hybridized carbons (Fsp3) is 0.250. The predicted octanol–water partition coefficient (Wildman–Crippen LogP) is 3.24. The molecule has 0 aliphatic rings. The monoisotopic (exact) mass is 326 g/mol. The number of hydrogen-bond donors (Lipinski definition) is 1. The standard InChI is InChI=1S/C16H17F3N2O2/c1-3-10-21(11-16(17,18)19)15(23)9-6-13-4-7-14(8-5-13)20-12(2)22/h3-9H,1,10-11H2,2H3,(H,20,22)/b9-6+. The van der Waals surface area contributed by atoms with E-state index in [1.54, 1.807) is 24.3 Å². The second-order valence-electron chi connectivity index (χ2n) is 4.76. The average molecular weight is 326 g/mol. The Labute approximate surface area is 132 Å². The molecular weight excluding hydrogens is 309 g/mol. The third-order valence-corrected chi connectivity index (χ3v) is 2.68. The first kappa shape index (κ1) is 18.5. The maximum absolute atomic E-state index is 12.4. The van der Waals surface area contributed by atoms with Gasteiger partial charge in [0, 0.05) is 25.2 Å². The molecule has 0 unspecified atom stereocenters. The quantitative estimate of drug-likeness (QED) is 0.644. The Bertz CT molecular complexity index is 592. The smallest absolute Gasteiger partial charge is 0.326 e. The molecule has 1 N–H and O–H groups in total. The number of nitrogens with zero attached hydrogens (tertiary/aromatic N) is 1. The van der Waals surface area contributed by atoms with Crippen molar-refractivity contribution in [3.05, 3.63) is 48.6 Å². The van der Waals surface area contributed by atoms with Crippen LogP contribution in [0.25, 0.3) is 6.08 Å². The van der Waals surface area contributed by atoms with Crippen LogP contribution in [0.3, 0.4) is 0 Å². The van der Waals surface area contributed by atoms with Crippen LogP contribution in [-0.2, 0) is 9.59 Å². The van der Waals surface area contributed by atoms with Crippen LogP contribution >= 0.6 is 0 Å². The summed E-state index contributed by atoms with van der Waals surface area (Å²) in [5.74, 6) is -0.969. The zero-order valence-electron chi connectivity index (χ0n) is 12.6. The van der Waals surface area contributed by atoms with E-state index in [0.29, 0.717) is 16.2 Å². The molecule has 1 aromatic carbocycles. The lowest BCUT2D eigenvalue weighted by molar-refractivity contribution is -0.157. The van der Waals surface area contributed by atoms with Gasteiger partial charge in [-0.25, -0.2) is 0 Å². The lowest BCUT2D eigenvalue weighted by Gasteiger charge is -2.20. The highest BCUT2D eigenvalue weighted by molar-refractivity contribution is 5.92. The number of amides is 2. The number of benzene rings is 1. The molecule has 0 fully saturated rings. The molecule has 0 saturated heterocycles. The third-order valence-electron chi connectivity index (χ3n) is 2.68. The second kappa shape index (κ2) is 8.17. The van der Waals surface area contributed by atoms with E-state index in [1.165, 1.54) is 19.1 Å². The normalized spacial score (nSPS) is 11.3. The molecule has 2 amide bonds. The minimum Gasteiger partial charge on any atom is -0.326 e. The maximum atomic E-state index is 12.4. The van der Waals surface area contributed by atoms with Crippen molar-refractivity contribution in [3.63, 3.8) is 0 Å². The van der Waals surface area contributed by atoms with Crippen molar-refractivity contribution in [2.24, 2.45) is 0 Å². The third kappa shape index (κ3) is 7.30. The number of halogens is 3. The van der Waals surface area contributed by atoms with Crippen LogP contribution in [0, 0.1) is 0 Å². The van der Waals surface area contributed by atoms with Gasteiger partial charge in [0.2, 0.25) is 11.8 Å². The molecule has 0 aromatic heterocycles. The number of nitrogens with one attached hydrogen (secondary N) is 1. The summed E-state index contributed by atoms with van der Waals surface area (Å²) in [6, 6.07) is 6.53. The summed E-state index contributed by atoms with van der Waals surface area (Å²) in [4.78, 5) is 23.4. The Kier molecular flexibility index (Phi) is 6.56. The summed E-state index contributed by atoms with van der Waals surface area (Å²) in [5.41, 5.74) is 1.21. The molecule has 1 aromatic rings. The average Bonchev–Trinajstić information content (AvgIpc) is 2.44. The number of carbonyl (C=O) groups excluding carboxylic acids is 2. The first-order valence-electron chi connectivity index (χ1n) is 6.73. The Morgan fingerprint density at radius 3 is 2.35 bits per heavy atom. The molecule has 7 heteroatoms. The molecule has 4 nitrogen and oxygen atoms in total. The van der Waals surface area contributed by atoms with Crippen molar-refractivity contribution >= 4 is 23.6 Å². The van der Waals surface area contributed by atoms with Crippen LogP contribution in [-0.4, -0.2) is 36.0 Å². The lowest BCUT2D eigenvalue weighted by atomic mass is 10.2. The van der Waals surface area contributed by atoms with E-state index < -0.39 is 18.6 Å². The van der Waals surface area contributed by atoms with Crippen molar-refractivity contribution in [2.75, 3.05) is 18.4 Å². The van der Waals surface area contributed by atoms with Crippen LogP contribution in [0.5, 0.6) is 0 Å². The second-order valence-corrected chi connectivity index (χ2v) is 4.76. The van der Waals surface area contributed by atoms with Crippen molar-refractivity contribution < 1.29 is 22.8 Å². The highest BCUT2D eigenvalue weighted by atomic mass is 19.4. The van der Waals surface area contributed by atoms with Crippen molar-refractivity contribution in [1.29, 1.82) is 0 Å². The Morgan fingerprint density at radius 2 is 1.87 bits per heavy atom. The van der Waals surface area contributed by atoms with E-state index in [2.05, 4.69) is 11.9 Å². The summed E-state index contributed by atoms with van der Waals surface area (Å²) in [5, 5.41) is 2.58.